The van der Waals surface area contributed by atoms with E-state index < -0.39 is 0 Å². The number of carbonyl (C=O) groups excluding carboxylic acids is 1. The van der Waals surface area contributed by atoms with Gasteiger partial charge in [-0.25, -0.2) is 0 Å². The molecule has 1 saturated heterocycles. The SMILES string of the molecule is Cc1n[nH]c(C)c1C(=O)NCC1CN(c2ccc3nnc(C4CC4)n3n2)C1. The van der Waals surface area contributed by atoms with Crippen molar-refractivity contribution in [2.75, 3.05) is 24.5 Å². The summed E-state index contributed by atoms with van der Waals surface area (Å²) in [5.41, 5.74) is 2.99. The number of hydrogen-bond acceptors (Lipinski definition) is 6. The molecule has 1 amide bonds. The van der Waals surface area contributed by atoms with Crippen LogP contribution in [0.1, 0.15) is 46.3 Å². The van der Waals surface area contributed by atoms with Crippen LogP contribution in [-0.2, 0) is 0 Å². The second-order valence-electron chi connectivity index (χ2n) is 7.58. The van der Waals surface area contributed by atoms with Crippen LogP contribution in [0.25, 0.3) is 5.65 Å². The maximum absolute atomic E-state index is 12.4. The first-order valence-electron chi connectivity index (χ1n) is 9.37. The van der Waals surface area contributed by atoms with Gasteiger partial charge in [-0.3, -0.25) is 9.89 Å². The molecule has 2 fully saturated rings. The van der Waals surface area contributed by atoms with E-state index in [-0.39, 0.29) is 5.91 Å². The van der Waals surface area contributed by atoms with Gasteiger partial charge in [0.1, 0.15) is 5.82 Å². The number of nitrogens with one attached hydrogen (secondary N) is 2. The van der Waals surface area contributed by atoms with E-state index in [2.05, 4.69) is 30.6 Å². The quantitative estimate of drug-likeness (QED) is 0.703. The molecule has 3 aromatic heterocycles. The number of fused-ring (bicyclic) bond motifs is 1. The highest BCUT2D eigenvalue weighted by Gasteiger charge is 2.31. The molecule has 0 bridgehead atoms. The molecule has 1 saturated carbocycles. The summed E-state index contributed by atoms with van der Waals surface area (Å²) in [6, 6.07) is 3.97. The molecule has 4 heterocycles. The molecular weight excluding hydrogens is 344 g/mol. The van der Waals surface area contributed by atoms with E-state index in [0.29, 0.717) is 23.9 Å². The van der Waals surface area contributed by atoms with Gasteiger partial charge >= 0.3 is 0 Å². The van der Waals surface area contributed by atoms with Crippen molar-refractivity contribution in [2.24, 2.45) is 5.92 Å². The number of amides is 1. The van der Waals surface area contributed by atoms with Gasteiger partial charge < -0.3 is 10.2 Å². The Labute approximate surface area is 156 Å². The largest absolute Gasteiger partial charge is 0.354 e. The predicted octanol–water partition coefficient (Wildman–Crippen LogP) is 1.21. The molecule has 140 valence electrons. The molecule has 9 heteroatoms. The number of carbonyl (C=O) groups is 1. The molecule has 0 unspecified atom stereocenters. The zero-order valence-electron chi connectivity index (χ0n) is 15.4. The highest BCUT2D eigenvalue weighted by atomic mass is 16.1. The summed E-state index contributed by atoms with van der Waals surface area (Å²) < 4.78 is 1.88. The van der Waals surface area contributed by atoms with Crippen LogP contribution in [-0.4, -0.2) is 55.6 Å². The van der Waals surface area contributed by atoms with Gasteiger partial charge in [-0.15, -0.1) is 15.3 Å². The van der Waals surface area contributed by atoms with Crippen molar-refractivity contribution in [3.63, 3.8) is 0 Å². The topological polar surface area (TPSA) is 104 Å². The smallest absolute Gasteiger partial charge is 0.255 e. The average molecular weight is 366 g/mol. The van der Waals surface area contributed by atoms with E-state index in [1.165, 1.54) is 12.8 Å². The maximum Gasteiger partial charge on any atom is 0.255 e. The molecule has 27 heavy (non-hydrogen) atoms. The van der Waals surface area contributed by atoms with Gasteiger partial charge in [0.15, 0.2) is 11.5 Å². The number of aryl methyl sites for hydroxylation is 2. The van der Waals surface area contributed by atoms with Crippen molar-refractivity contribution in [1.82, 2.24) is 35.3 Å². The molecule has 0 aromatic carbocycles. The van der Waals surface area contributed by atoms with Gasteiger partial charge in [0.2, 0.25) is 0 Å². The lowest BCUT2D eigenvalue weighted by atomic mass is 10.00. The first-order valence-corrected chi connectivity index (χ1v) is 9.37. The van der Waals surface area contributed by atoms with Crippen molar-refractivity contribution >= 4 is 17.4 Å². The molecule has 5 rings (SSSR count). The Balaban J connectivity index is 1.20. The van der Waals surface area contributed by atoms with Crippen molar-refractivity contribution in [2.45, 2.75) is 32.6 Å². The lowest BCUT2D eigenvalue weighted by molar-refractivity contribution is 0.0943. The van der Waals surface area contributed by atoms with Crippen molar-refractivity contribution in [1.29, 1.82) is 0 Å². The minimum Gasteiger partial charge on any atom is -0.354 e. The van der Waals surface area contributed by atoms with Crippen LogP contribution in [0.5, 0.6) is 0 Å². The molecule has 0 radical (unpaired) electrons. The highest BCUT2D eigenvalue weighted by molar-refractivity contribution is 5.96. The standard InChI is InChI=1S/C18H22N8O/c1-10-16(11(2)21-20-10)18(27)19-7-12-8-25(9-12)15-6-5-14-22-23-17(13-3-4-13)26(14)24-15/h5-6,12-13H,3-4,7-9H2,1-2H3,(H,19,27)(H,20,21). The fourth-order valence-electron chi connectivity index (χ4n) is 3.66. The van der Waals surface area contributed by atoms with Crippen LogP contribution in [0.15, 0.2) is 12.1 Å². The van der Waals surface area contributed by atoms with E-state index in [4.69, 9.17) is 5.10 Å². The third kappa shape index (κ3) is 2.83. The molecule has 2 N–H and O–H groups in total. The van der Waals surface area contributed by atoms with Gasteiger partial charge in [0, 0.05) is 37.2 Å². The summed E-state index contributed by atoms with van der Waals surface area (Å²) in [7, 11) is 0. The fraction of sp³-hybridized carbons (Fsp3) is 0.500. The van der Waals surface area contributed by atoms with Crippen molar-refractivity contribution in [3.05, 3.63) is 34.9 Å². The van der Waals surface area contributed by atoms with Gasteiger partial charge in [0.05, 0.1) is 11.3 Å². The first-order chi connectivity index (χ1) is 13.1. The van der Waals surface area contributed by atoms with Crippen LogP contribution in [0.2, 0.25) is 0 Å². The van der Waals surface area contributed by atoms with E-state index >= 15 is 0 Å². The monoisotopic (exact) mass is 366 g/mol. The molecule has 2 aliphatic rings. The third-order valence-electron chi connectivity index (χ3n) is 5.40. The molecule has 9 nitrogen and oxygen atoms in total. The fourth-order valence-corrected chi connectivity index (χ4v) is 3.66. The van der Waals surface area contributed by atoms with E-state index in [1.807, 2.05) is 30.5 Å². The zero-order chi connectivity index (χ0) is 18.5. The minimum absolute atomic E-state index is 0.0599. The second-order valence-corrected chi connectivity index (χ2v) is 7.58. The molecule has 0 atom stereocenters. The number of aromatic amines is 1. The Kier molecular flexibility index (Phi) is 3.63. The predicted molar refractivity (Wildman–Crippen MR) is 98.9 cm³/mol. The number of nitrogens with zero attached hydrogens (tertiary/aromatic N) is 6. The lowest BCUT2D eigenvalue weighted by Gasteiger charge is -2.40. The highest BCUT2D eigenvalue weighted by Crippen LogP contribution is 2.38. The Morgan fingerprint density at radius 2 is 2.07 bits per heavy atom. The maximum atomic E-state index is 12.4. The number of hydrogen-bond donors (Lipinski definition) is 2. The van der Waals surface area contributed by atoms with Gasteiger partial charge in [0.25, 0.3) is 5.91 Å². The number of rotatable bonds is 5. The summed E-state index contributed by atoms with van der Waals surface area (Å²) >= 11 is 0. The summed E-state index contributed by atoms with van der Waals surface area (Å²) in [4.78, 5) is 14.6. The van der Waals surface area contributed by atoms with Crippen LogP contribution >= 0.6 is 0 Å². The van der Waals surface area contributed by atoms with Crippen LogP contribution in [0.3, 0.4) is 0 Å². The van der Waals surface area contributed by atoms with Crippen LogP contribution in [0, 0.1) is 19.8 Å². The van der Waals surface area contributed by atoms with Gasteiger partial charge in [-0.2, -0.15) is 9.61 Å². The van der Waals surface area contributed by atoms with Gasteiger partial charge in [-0.05, 0) is 38.8 Å². The number of anilines is 1. The van der Waals surface area contributed by atoms with E-state index in [9.17, 15) is 4.79 Å². The van der Waals surface area contributed by atoms with Crippen LogP contribution < -0.4 is 10.2 Å². The minimum atomic E-state index is -0.0599. The Bertz CT molecular complexity index is 992. The molecule has 1 aliphatic heterocycles. The first kappa shape index (κ1) is 16.2. The normalized spacial score (nSPS) is 17.3. The lowest BCUT2D eigenvalue weighted by Crippen LogP contribution is -2.52. The van der Waals surface area contributed by atoms with Crippen molar-refractivity contribution < 1.29 is 4.79 Å². The molecule has 3 aromatic rings. The third-order valence-corrected chi connectivity index (χ3v) is 5.40. The second kappa shape index (κ2) is 6.04. The summed E-state index contributed by atoms with van der Waals surface area (Å²) in [6.45, 7) is 6.11. The van der Waals surface area contributed by atoms with Gasteiger partial charge in [-0.1, -0.05) is 0 Å². The van der Waals surface area contributed by atoms with Crippen molar-refractivity contribution in [3.8, 4) is 0 Å². The molecule has 0 spiro atoms. The summed E-state index contributed by atoms with van der Waals surface area (Å²) in [5, 5.41) is 23.2. The van der Waals surface area contributed by atoms with Crippen LogP contribution in [0.4, 0.5) is 5.82 Å². The summed E-state index contributed by atoms with van der Waals surface area (Å²) in [5.74, 6) is 2.78. The number of H-pyrrole nitrogens is 1. The Morgan fingerprint density at radius 3 is 2.78 bits per heavy atom. The molecule has 1 aliphatic carbocycles. The zero-order valence-corrected chi connectivity index (χ0v) is 15.4. The summed E-state index contributed by atoms with van der Waals surface area (Å²) in [6.07, 6.45) is 2.35. The average Bonchev–Trinajstić information content (AvgIpc) is 3.29. The molecular formula is C18H22N8O. The van der Waals surface area contributed by atoms with E-state index in [0.717, 1.165) is 41.8 Å². The number of aromatic nitrogens is 6. The Hall–Kier alpha value is -2.97. The Morgan fingerprint density at radius 1 is 1.26 bits per heavy atom. The van der Waals surface area contributed by atoms with E-state index in [1.54, 1.807) is 0 Å².